The van der Waals surface area contributed by atoms with Gasteiger partial charge in [0.1, 0.15) is 11.9 Å². The van der Waals surface area contributed by atoms with Crippen molar-refractivity contribution >= 4 is 11.8 Å². The Hall–Kier alpha value is -3.72. The summed E-state index contributed by atoms with van der Waals surface area (Å²) in [4.78, 5) is 29.6. The molecule has 0 unspecified atom stereocenters. The van der Waals surface area contributed by atoms with Crippen molar-refractivity contribution < 1.29 is 19.1 Å². The number of carbonyl (C=O) groups excluding carboxylic acids is 2. The molecule has 0 bridgehead atoms. The van der Waals surface area contributed by atoms with E-state index in [1.54, 1.807) is 21.6 Å². The van der Waals surface area contributed by atoms with Gasteiger partial charge in [0.25, 0.3) is 11.8 Å². The summed E-state index contributed by atoms with van der Waals surface area (Å²) in [5, 5.41) is 8.42. The first-order chi connectivity index (χ1) is 17.1. The molecule has 0 radical (unpaired) electrons. The minimum absolute atomic E-state index is 0.00115. The minimum atomic E-state index is -0.169. The average Bonchev–Trinajstić information content (AvgIpc) is 3.36. The number of amides is 2. The van der Waals surface area contributed by atoms with Crippen molar-refractivity contribution in [2.24, 2.45) is 0 Å². The molecule has 9 nitrogen and oxygen atoms in total. The van der Waals surface area contributed by atoms with E-state index >= 15 is 0 Å². The van der Waals surface area contributed by atoms with Gasteiger partial charge in [-0.2, -0.15) is 0 Å². The average molecular weight is 476 g/mol. The summed E-state index contributed by atoms with van der Waals surface area (Å²) in [6.07, 6.45) is 0.772. The van der Waals surface area contributed by atoms with Crippen LogP contribution in [-0.2, 0) is 24.3 Å². The number of methoxy groups -OCH3 is 1. The molecule has 1 fully saturated rings. The number of nitrogens with zero attached hydrogens (tertiary/aromatic N) is 5. The van der Waals surface area contributed by atoms with Gasteiger partial charge in [-0.3, -0.25) is 9.59 Å². The molecule has 1 saturated heterocycles. The van der Waals surface area contributed by atoms with Crippen molar-refractivity contribution in [2.75, 3.05) is 33.3 Å². The molecule has 0 saturated carbocycles. The molecule has 2 aliphatic heterocycles. The number of rotatable bonds is 5. The van der Waals surface area contributed by atoms with E-state index in [0.29, 0.717) is 49.7 Å². The van der Waals surface area contributed by atoms with Gasteiger partial charge in [0, 0.05) is 31.7 Å². The first-order valence-electron chi connectivity index (χ1n) is 11.9. The molecule has 0 spiro atoms. The Balaban J connectivity index is 1.20. The Morgan fingerprint density at radius 2 is 1.63 bits per heavy atom. The molecular formula is C26H29N5O4. The van der Waals surface area contributed by atoms with E-state index in [1.807, 2.05) is 48.5 Å². The minimum Gasteiger partial charge on any atom is -0.497 e. The third-order valence-corrected chi connectivity index (χ3v) is 6.75. The zero-order chi connectivity index (χ0) is 24.4. The number of aromatic nitrogens is 3. The third kappa shape index (κ3) is 4.64. The van der Waals surface area contributed by atoms with Gasteiger partial charge in [-0.15, -0.1) is 5.10 Å². The summed E-state index contributed by atoms with van der Waals surface area (Å²) in [5.74, 6) is 0.617. The van der Waals surface area contributed by atoms with Crippen LogP contribution < -0.4 is 4.74 Å². The van der Waals surface area contributed by atoms with Gasteiger partial charge in [0.2, 0.25) is 0 Å². The Morgan fingerprint density at radius 1 is 0.971 bits per heavy atom. The SMILES string of the molecule is CCc1ccc(C(=O)N2CCN(C(=O)c3nnn4c3CO[C@@H](c3ccc(OC)cc3)C4)CC2)cc1. The fraction of sp³-hybridized carbons (Fsp3) is 0.385. The molecule has 0 N–H and O–H groups in total. The lowest BCUT2D eigenvalue weighted by Crippen LogP contribution is -2.50. The second kappa shape index (κ2) is 9.87. The summed E-state index contributed by atoms with van der Waals surface area (Å²) in [6.45, 7) is 4.72. The van der Waals surface area contributed by atoms with Crippen LogP contribution in [0.3, 0.4) is 0 Å². The summed E-state index contributed by atoms with van der Waals surface area (Å²) in [6, 6.07) is 15.5. The fourth-order valence-electron chi connectivity index (χ4n) is 4.53. The third-order valence-electron chi connectivity index (χ3n) is 6.75. The van der Waals surface area contributed by atoms with Crippen LogP contribution in [0.5, 0.6) is 5.75 Å². The molecule has 1 atom stereocenters. The lowest BCUT2D eigenvalue weighted by Gasteiger charge is -2.34. The van der Waals surface area contributed by atoms with Crippen molar-refractivity contribution in [3.05, 3.63) is 76.6 Å². The summed E-state index contributed by atoms with van der Waals surface area (Å²) in [5.41, 5.74) is 3.92. The molecule has 2 aromatic carbocycles. The van der Waals surface area contributed by atoms with E-state index in [1.165, 1.54) is 5.56 Å². The maximum Gasteiger partial charge on any atom is 0.276 e. The molecular weight excluding hydrogens is 446 g/mol. The Morgan fingerprint density at radius 3 is 2.26 bits per heavy atom. The Labute approximate surface area is 204 Å². The predicted molar refractivity (Wildman–Crippen MR) is 128 cm³/mol. The first kappa shape index (κ1) is 23.0. The maximum absolute atomic E-state index is 13.2. The molecule has 2 amide bonds. The Kier molecular flexibility index (Phi) is 6.50. The molecule has 5 rings (SSSR count). The van der Waals surface area contributed by atoms with Crippen molar-refractivity contribution in [1.29, 1.82) is 0 Å². The van der Waals surface area contributed by atoms with Crippen LogP contribution in [-0.4, -0.2) is 69.9 Å². The van der Waals surface area contributed by atoms with Crippen molar-refractivity contribution in [2.45, 2.75) is 32.6 Å². The number of aryl methyl sites for hydroxylation is 1. The molecule has 35 heavy (non-hydrogen) atoms. The van der Waals surface area contributed by atoms with Crippen molar-refractivity contribution in [3.63, 3.8) is 0 Å². The van der Waals surface area contributed by atoms with E-state index < -0.39 is 0 Å². The predicted octanol–water partition coefficient (Wildman–Crippen LogP) is 2.72. The number of hydrogen-bond acceptors (Lipinski definition) is 6. The number of ether oxygens (including phenoxy) is 2. The van der Waals surface area contributed by atoms with Crippen LogP contribution in [0.1, 0.15) is 50.7 Å². The highest BCUT2D eigenvalue weighted by molar-refractivity contribution is 5.95. The highest BCUT2D eigenvalue weighted by Crippen LogP contribution is 2.28. The highest BCUT2D eigenvalue weighted by atomic mass is 16.5. The Bertz CT molecular complexity index is 1200. The zero-order valence-corrected chi connectivity index (χ0v) is 20.0. The number of fused-ring (bicyclic) bond motifs is 1. The number of carbonyl (C=O) groups is 2. The van der Waals surface area contributed by atoms with Gasteiger partial charge in [-0.05, 0) is 41.8 Å². The van der Waals surface area contributed by atoms with Crippen LogP contribution >= 0.6 is 0 Å². The summed E-state index contributed by atoms with van der Waals surface area (Å²) < 4.78 is 13.0. The standard InChI is InChI=1S/C26H29N5O4/c1-3-18-4-6-20(7-5-18)25(32)29-12-14-30(15-13-29)26(33)24-22-17-35-23(16-31(22)28-27-24)19-8-10-21(34-2)11-9-19/h4-11,23H,3,12-17H2,1-2H3/t23-/m1/s1. The summed E-state index contributed by atoms with van der Waals surface area (Å²) in [7, 11) is 1.63. The first-order valence-corrected chi connectivity index (χ1v) is 11.9. The normalized spacial score (nSPS) is 17.7. The van der Waals surface area contributed by atoms with Gasteiger partial charge in [-0.25, -0.2) is 4.68 Å². The van der Waals surface area contributed by atoms with Crippen LogP contribution in [0.25, 0.3) is 0 Å². The van der Waals surface area contributed by atoms with Crippen LogP contribution in [0, 0.1) is 0 Å². The fourth-order valence-corrected chi connectivity index (χ4v) is 4.53. The largest absolute Gasteiger partial charge is 0.497 e. The van der Waals surface area contributed by atoms with Crippen LogP contribution in [0.2, 0.25) is 0 Å². The van der Waals surface area contributed by atoms with Gasteiger partial charge in [-0.1, -0.05) is 36.4 Å². The molecule has 182 valence electrons. The van der Waals surface area contributed by atoms with Gasteiger partial charge in [0.15, 0.2) is 5.69 Å². The number of piperazine rings is 1. The van der Waals surface area contributed by atoms with Crippen LogP contribution in [0.15, 0.2) is 48.5 Å². The quantitative estimate of drug-likeness (QED) is 0.564. The van der Waals surface area contributed by atoms with Gasteiger partial charge >= 0.3 is 0 Å². The smallest absolute Gasteiger partial charge is 0.276 e. The lowest BCUT2D eigenvalue weighted by molar-refractivity contribution is -0.00204. The van der Waals surface area contributed by atoms with Crippen molar-refractivity contribution in [3.8, 4) is 5.75 Å². The second-order valence-electron chi connectivity index (χ2n) is 8.77. The number of benzene rings is 2. The second-order valence-corrected chi connectivity index (χ2v) is 8.77. The van der Waals surface area contributed by atoms with Crippen molar-refractivity contribution in [1.82, 2.24) is 24.8 Å². The van der Waals surface area contributed by atoms with Gasteiger partial charge < -0.3 is 19.3 Å². The topological polar surface area (TPSA) is 89.8 Å². The summed E-state index contributed by atoms with van der Waals surface area (Å²) >= 11 is 0. The molecule has 1 aromatic heterocycles. The molecule has 2 aliphatic rings. The maximum atomic E-state index is 13.2. The van der Waals surface area contributed by atoms with E-state index in [0.717, 1.165) is 17.7 Å². The lowest BCUT2D eigenvalue weighted by atomic mass is 10.1. The van der Waals surface area contributed by atoms with E-state index in [9.17, 15) is 9.59 Å². The highest BCUT2D eigenvalue weighted by Gasteiger charge is 2.32. The molecule has 0 aliphatic carbocycles. The molecule has 9 heteroatoms. The molecule has 3 heterocycles. The van der Waals surface area contributed by atoms with E-state index in [2.05, 4.69) is 17.2 Å². The van der Waals surface area contributed by atoms with Crippen LogP contribution in [0.4, 0.5) is 0 Å². The monoisotopic (exact) mass is 475 g/mol. The zero-order valence-electron chi connectivity index (χ0n) is 20.0. The van der Waals surface area contributed by atoms with E-state index in [4.69, 9.17) is 9.47 Å². The number of hydrogen-bond donors (Lipinski definition) is 0. The molecule has 3 aromatic rings. The van der Waals surface area contributed by atoms with E-state index in [-0.39, 0.29) is 24.5 Å². The van der Waals surface area contributed by atoms with Gasteiger partial charge in [0.05, 0.1) is 26.0 Å².